The smallest absolute Gasteiger partial charge is 0.224 e. The Morgan fingerprint density at radius 2 is 2.00 bits per heavy atom. The van der Waals surface area contributed by atoms with E-state index in [1.807, 2.05) is 30.5 Å². The molecule has 0 fully saturated rings. The number of carbonyl (C=O) groups excluding carboxylic acids is 1. The molecule has 0 radical (unpaired) electrons. The molecule has 2 aromatic carbocycles. The van der Waals surface area contributed by atoms with Crippen LogP contribution >= 0.6 is 11.8 Å². The van der Waals surface area contributed by atoms with Crippen molar-refractivity contribution < 1.29 is 9.90 Å². The van der Waals surface area contributed by atoms with Crippen molar-refractivity contribution in [1.29, 1.82) is 0 Å². The second kappa shape index (κ2) is 8.05. The van der Waals surface area contributed by atoms with Crippen LogP contribution in [0.25, 0.3) is 10.8 Å². The molecular formula is C17H21NO2S. The van der Waals surface area contributed by atoms with Gasteiger partial charge in [-0.05, 0) is 29.0 Å². The number of rotatable bonds is 7. The maximum absolute atomic E-state index is 12.1. The van der Waals surface area contributed by atoms with Gasteiger partial charge in [-0.1, -0.05) is 42.5 Å². The highest BCUT2D eigenvalue weighted by atomic mass is 32.2. The van der Waals surface area contributed by atoms with Crippen LogP contribution in [0, 0.1) is 0 Å². The summed E-state index contributed by atoms with van der Waals surface area (Å²) in [5.74, 6) is 0.835. The van der Waals surface area contributed by atoms with Crippen molar-refractivity contribution in [3.05, 3.63) is 48.0 Å². The number of nitrogens with one attached hydrogen (secondary N) is 1. The molecule has 1 atom stereocenters. The highest BCUT2D eigenvalue weighted by Crippen LogP contribution is 2.16. The molecule has 2 aromatic rings. The molecule has 3 nitrogen and oxygen atoms in total. The second-order valence-electron chi connectivity index (χ2n) is 5.09. The highest BCUT2D eigenvalue weighted by molar-refractivity contribution is 7.98. The third-order valence-electron chi connectivity index (χ3n) is 3.39. The van der Waals surface area contributed by atoms with Crippen molar-refractivity contribution in [1.82, 2.24) is 5.32 Å². The first-order chi connectivity index (χ1) is 10.2. The van der Waals surface area contributed by atoms with Gasteiger partial charge >= 0.3 is 0 Å². The van der Waals surface area contributed by atoms with Crippen LogP contribution in [0.15, 0.2) is 42.5 Å². The zero-order valence-electron chi connectivity index (χ0n) is 12.2. The van der Waals surface area contributed by atoms with Gasteiger partial charge in [0.15, 0.2) is 0 Å². The number of thioether (sulfide) groups is 1. The lowest BCUT2D eigenvalue weighted by molar-refractivity contribution is -0.121. The Balaban J connectivity index is 2.00. The van der Waals surface area contributed by atoms with E-state index in [4.69, 9.17) is 5.11 Å². The van der Waals surface area contributed by atoms with E-state index in [1.54, 1.807) is 11.8 Å². The Morgan fingerprint density at radius 1 is 1.24 bits per heavy atom. The molecule has 2 N–H and O–H groups in total. The van der Waals surface area contributed by atoms with E-state index in [1.165, 1.54) is 5.39 Å². The topological polar surface area (TPSA) is 49.3 Å². The SMILES string of the molecule is CSCC(CCO)NC(=O)Cc1ccc2ccccc2c1. The molecule has 4 heteroatoms. The Hall–Kier alpha value is -1.52. The third-order valence-corrected chi connectivity index (χ3v) is 4.12. The number of benzene rings is 2. The molecule has 0 aliphatic rings. The first-order valence-electron chi connectivity index (χ1n) is 7.09. The molecule has 0 spiro atoms. The van der Waals surface area contributed by atoms with Gasteiger partial charge in [0.05, 0.1) is 6.42 Å². The molecular weight excluding hydrogens is 282 g/mol. The number of aliphatic hydroxyl groups excluding tert-OH is 1. The van der Waals surface area contributed by atoms with E-state index < -0.39 is 0 Å². The number of carbonyl (C=O) groups is 1. The number of amides is 1. The minimum atomic E-state index is 0.0118. The van der Waals surface area contributed by atoms with Gasteiger partial charge in [0.1, 0.15) is 0 Å². The van der Waals surface area contributed by atoms with Gasteiger partial charge in [0.2, 0.25) is 5.91 Å². The van der Waals surface area contributed by atoms with E-state index in [2.05, 4.69) is 23.5 Å². The normalized spacial score (nSPS) is 12.3. The van der Waals surface area contributed by atoms with E-state index >= 15 is 0 Å². The van der Waals surface area contributed by atoms with Crippen LogP contribution in [0.4, 0.5) is 0 Å². The molecule has 0 heterocycles. The number of fused-ring (bicyclic) bond motifs is 1. The standard InChI is InChI=1S/C17H21NO2S/c1-21-12-16(8-9-19)18-17(20)11-13-6-7-14-4-2-3-5-15(14)10-13/h2-7,10,16,19H,8-9,11-12H2,1H3,(H,18,20). The maximum atomic E-state index is 12.1. The molecule has 0 aliphatic carbocycles. The first kappa shape index (κ1) is 15.9. The van der Waals surface area contributed by atoms with Crippen LogP contribution in [0.3, 0.4) is 0 Å². The Bertz CT molecular complexity index is 594. The quantitative estimate of drug-likeness (QED) is 0.826. The average molecular weight is 303 g/mol. The second-order valence-corrected chi connectivity index (χ2v) is 6.00. The predicted molar refractivity (Wildman–Crippen MR) is 89.7 cm³/mol. The van der Waals surface area contributed by atoms with Crippen LogP contribution in [0.2, 0.25) is 0 Å². The zero-order valence-corrected chi connectivity index (χ0v) is 13.0. The van der Waals surface area contributed by atoms with E-state index in [0.29, 0.717) is 12.8 Å². The molecule has 1 amide bonds. The third kappa shape index (κ3) is 4.76. The van der Waals surface area contributed by atoms with Gasteiger partial charge in [0, 0.05) is 18.4 Å². The molecule has 2 rings (SSSR count). The predicted octanol–water partition coefficient (Wildman–Crippen LogP) is 2.61. The van der Waals surface area contributed by atoms with Crippen LogP contribution in [-0.4, -0.2) is 35.7 Å². The van der Waals surface area contributed by atoms with Crippen LogP contribution in [-0.2, 0) is 11.2 Å². The van der Waals surface area contributed by atoms with Crippen LogP contribution in [0.5, 0.6) is 0 Å². The summed E-state index contributed by atoms with van der Waals surface area (Å²) in [6.07, 6.45) is 2.98. The lowest BCUT2D eigenvalue weighted by Crippen LogP contribution is -2.38. The summed E-state index contributed by atoms with van der Waals surface area (Å²) in [5.41, 5.74) is 1.01. The van der Waals surface area contributed by atoms with Crippen molar-refractivity contribution in [2.75, 3.05) is 18.6 Å². The van der Waals surface area contributed by atoms with Crippen molar-refractivity contribution in [3.8, 4) is 0 Å². The Labute approximate surface area is 129 Å². The van der Waals surface area contributed by atoms with Crippen molar-refractivity contribution in [2.24, 2.45) is 0 Å². The molecule has 21 heavy (non-hydrogen) atoms. The van der Waals surface area contributed by atoms with Gasteiger partial charge in [-0.25, -0.2) is 0 Å². The minimum absolute atomic E-state index is 0.0118. The first-order valence-corrected chi connectivity index (χ1v) is 8.49. The van der Waals surface area contributed by atoms with Crippen LogP contribution in [0.1, 0.15) is 12.0 Å². The fourth-order valence-corrected chi connectivity index (χ4v) is 3.02. The lowest BCUT2D eigenvalue weighted by atomic mass is 10.0. The Morgan fingerprint density at radius 3 is 2.71 bits per heavy atom. The van der Waals surface area contributed by atoms with Crippen molar-refractivity contribution >= 4 is 28.4 Å². The van der Waals surface area contributed by atoms with Gasteiger partial charge < -0.3 is 10.4 Å². The summed E-state index contributed by atoms with van der Waals surface area (Å²) in [7, 11) is 0. The summed E-state index contributed by atoms with van der Waals surface area (Å²) in [4.78, 5) is 12.1. The number of hydrogen-bond acceptors (Lipinski definition) is 3. The summed E-state index contributed by atoms with van der Waals surface area (Å²) in [6, 6.07) is 14.3. The molecule has 0 saturated heterocycles. The summed E-state index contributed by atoms with van der Waals surface area (Å²) < 4.78 is 0. The van der Waals surface area contributed by atoms with Gasteiger partial charge in [-0.15, -0.1) is 0 Å². The van der Waals surface area contributed by atoms with E-state index in [-0.39, 0.29) is 18.6 Å². The van der Waals surface area contributed by atoms with E-state index in [0.717, 1.165) is 16.7 Å². The molecule has 0 aliphatic heterocycles. The molecule has 0 saturated carbocycles. The van der Waals surface area contributed by atoms with Crippen LogP contribution < -0.4 is 5.32 Å². The fraction of sp³-hybridized carbons (Fsp3) is 0.353. The fourth-order valence-electron chi connectivity index (χ4n) is 2.37. The summed E-state index contributed by atoms with van der Waals surface area (Å²) in [6.45, 7) is 0.0987. The van der Waals surface area contributed by atoms with Crippen molar-refractivity contribution in [3.63, 3.8) is 0 Å². The van der Waals surface area contributed by atoms with Gasteiger partial charge in [-0.2, -0.15) is 11.8 Å². The van der Waals surface area contributed by atoms with E-state index in [9.17, 15) is 4.79 Å². The summed E-state index contributed by atoms with van der Waals surface area (Å²) in [5, 5.41) is 14.4. The Kier molecular flexibility index (Phi) is 6.08. The maximum Gasteiger partial charge on any atom is 0.224 e. The van der Waals surface area contributed by atoms with Gasteiger partial charge in [-0.3, -0.25) is 4.79 Å². The molecule has 0 bridgehead atoms. The summed E-state index contributed by atoms with van der Waals surface area (Å²) >= 11 is 1.67. The highest BCUT2D eigenvalue weighted by Gasteiger charge is 2.12. The zero-order chi connectivity index (χ0) is 15.1. The number of aliphatic hydroxyl groups is 1. The lowest BCUT2D eigenvalue weighted by Gasteiger charge is -2.16. The molecule has 112 valence electrons. The molecule has 0 aromatic heterocycles. The van der Waals surface area contributed by atoms with Gasteiger partial charge in [0.25, 0.3) is 0 Å². The van der Waals surface area contributed by atoms with Crippen molar-refractivity contribution in [2.45, 2.75) is 18.9 Å². The molecule has 1 unspecified atom stereocenters. The monoisotopic (exact) mass is 303 g/mol. The number of hydrogen-bond donors (Lipinski definition) is 2. The average Bonchev–Trinajstić information content (AvgIpc) is 2.47. The minimum Gasteiger partial charge on any atom is -0.396 e. The largest absolute Gasteiger partial charge is 0.396 e.